The van der Waals surface area contributed by atoms with E-state index in [0.29, 0.717) is 11.1 Å². The maximum Gasteiger partial charge on any atom is 0.416 e. The van der Waals surface area contributed by atoms with Gasteiger partial charge in [0.2, 0.25) is 0 Å². The van der Waals surface area contributed by atoms with Crippen LogP contribution in [0.25, 0.3) is 10.9 Å². The molecule has 15 heavy (non-hydrogen) atoms. The Bertz CT molecular complexity index is 546. The van der Waals surface area contributed by atoms with Crippen molar-refractivity contribution in [2.24, 2.45) is 0 Å². The number of halogens is 3. The molecule has 0 radical (unpaired) electrons. The number of H-pyrrole nitrogens is 1. The average Bonchev–Trinajstić information content (AvgIpc) is 2.58. The zero-order valence-electron chi connectivity index (χ0n) is 7.39. The van der Waals surface area contributed by atoms with E-state index in [1.807, 2.05) is 0 Å². The molecule has 0 aliphatic rings. The zero-order valence-corrected chi connectivity index (χ0v) is 7.39. The summed E-state index contributed by atoms with van der Waals surface area (Å²) < 4.78 is 37.0. The average molecular weight is 210 g/mol. The smallest absolute Gasteiger partial charge is 0.269 e. The van der Waals surface area contributed by atoms with E-state index in [0.717, 1.165) is 12.1 Å². The van der Waals surface area contributed by atoms with Gasteiger partial charge in [-0.1, -0.05) is 5.92 Å². The van der Waals surface area contributed by atoms with Crippen LogP contribution in [0.5, 0.6) is 0 Å². The first-order valence-corrected chi connectivity index (χ1v) is 4.04. The Kier molecular flexibility index (Phi) is 1.93. The number of benzene rings is 1. The third kappa shape index (κ3) is 1.54. The summed E-state index contributed by atoms with van der Waals surface area (Å²) in [6.07, 6.45) is 0.783. The van der Waals surface area contributed by atoms with Crippen molar-refractivity contribution in [2.45, 2.75) is 6.18 Å². The van der Waals surface area contributed by atoms with Crippen molar-refractivity contribution in [1.29, 1.82) is 0 Å². The van der Waals surface area contributed by atoms with E-state index >= 15 is 0 Å². The molecule has 0 amide bonds. The van der Waals surface area contributed by atoms with Gasteiger partial charge in [0, 0.05) is 5.39 Å². The molecule has 0 aliphatic carbocycles. The van der Waals surface area contributed by atoms with Crippen molar-refractivity contribution in [2.75, 3.05) is 0 Å². The number of aromatic nitrogens is 2. The maximum absolute atomic E-state index is 12.3. The summed E-state index contributed by atoms with van der Waals surface area (Å²) in [5, 5.41) is 6.70. The lowest BCUT2D eigenvalue weighted by Gasteiger charge is -2.05. The van der Waals surface area contributed by atoms with Crippen molar-refractivity contribution in [1.82, 2.24) is 10.2 Å². The van der Waals surface area contributed by atoms with Gasteiger partial charge < -0.3 is 0 Å². The molecule has 5 heteroatoms. The van der Waals surface area contributed by atoms with Crippen molar-refractivity contribution in [3.63, 3.8) is 0 Å². The molecule has 1 heterocycles. The third-order valence-corrected chi connectivity index (χ3v) is 2.03. The summed E-state index contributed by atoms with van der Waals surface area (Å²) in [7, 11) is 0. The van der Waals surface area contributed by atoms with Crippen molar-refractivity contribution >= 4 is 10.9 Å². The minimum Gasteiger partial charge on any atom is -0.269 e. The second-order valence-electron chi connectivity index (χ2n) is 2.97. The number of aromatic amines is 1. The van der Waals surface area contributed by atoms with Crippen molar-refractivity contribution in [3.8, 4) is 12.3 Å². The Morgan fingerprint density at radius 2 is 2.07 bits per heavy atom. The molecule has 0 saturated carbocycles. The molecule has 2 aromatic rings. The minimum absolute atomic E-state index is 0.220. The van der Waals surface area contributed by atoms with E-state index < -0.39 is 11.7 Å². The highest BCUT2D eigenvalue weighted by atomic mass is 19.4. The van der Waals surface area contributed by atoms with E-state index in [-0.39, 0.29) is 5.52 Å². The second kappa shape index (κ2) is 3.02. The quantitative estimate of drug-likeness (QED) is 0.665. The fraction of sp³-hybridized carbons (Fsp3) is 0.100. The SMILES string of the molecule is C#Cc1[nH]nc2cc(C(F)(F)F)ccc12. The molecule has 0 atom stereocenters. The summed E-state index contributed by atoms with van der Waals surface area (Å²) in [5.74, 6) is 2.31. The number of alkyl halides is 3. The number of rotatable bonds is 0. The summed E-state index contributed by atoms with van der Waals surface area (Å²) in [4.78, 5) is 0. The molecule has 2 rings (SSSR count). The van der Waals surface area contributed by atoms with Crippen LogP contribution in [0.15, 0.2) is 18.2 Å². The molecule has 0 saturated heterocycles. The van der Waals surface area contributed by atoms with Crippen LogP contribution in [-0.2, 0) is 6.18 Å². The predicted octanol–water partition coefficient (Wildman–Crippen LogP) is 2.56. The summed E-state index contributed by atoms with van der Waals surface area (Å²) in [6, 6.07) is 3.27. The molecule has 2 nitrogen and oxygen atoms in total. The Morgan fingerprint density at radius 1 is 1.33 bits per heavy atom. The van der Waals surface area contributed by atoms with Crippen LogP contribution in [-0.4, -0.2) is 10.2 Å². The van der Waals surface area contributed by atoms with Gasteiger partial charge in [0.25, 0.3) is 0 Å². The van der Waals surface area contributed by atoms with Crippen LogP contribution in [0.4, 0.5) is 13.2 Å². The van der Waals surface area contributed by atoms with Crippen molar-refractivity contribution < 1.29 is 13.2 Å². The lowest BCUT2D eigenvalue weighted by molar-refractivity contribution is -0.137. The molecule has 76 valence electrons. The monoisotopic (exact) mass is 210 g/mol. The first kappa shape index (κ1) is 9.59. The van der Waals surface area contributed by atoms with Crippen LogP contribution >= 0.6 is 0 Å². The molecular weight excluding hydrogens is 205 g/mol. The molecule has 1 aromatic heterocycles. The van der Waals surface area contributed by atoms with Gasteiger partial charge in [-0.05, 0) is 18.2 Å². The number of hydrogen-bond acceptors (Lipinski definition) is 1. The molecule has 1 N–H and O–H groups in total. The highest BCUT2D eigenvalue weighted by molar-refractivity contribution is 5.84. The van der Waals surface area contributed by atoms with Crippen LogP contribution in [0, 0.1) is 12.3 Å². The number of fused-ring (bicyclic) bond motifs is 1. The van der Waals surface area contributed by atoms with Gasteiger partial charge in [-0.25, -0.2) is 0 Å². The minimum atomic E-state index is -4.36. The Hall–Kier alpha value is -1.96. The fourth-order valence-electron chi connectivity index (χ4n) is 1.30. The summed E-state index contributed by atoms with van der Waals surface area (Å²) in [5.41, 5.74) is -0.124. The van der Waals surface area contributed by atoms with Crippen LogP contribution in [0.2, 0.25) is 0 Å². The molecule has 0 spiro atoms. The predicted molar refractivity (Wildman–Crippen MR) is 49.0 cm³/mol. The van der Waals surface area contributed by atoms with Gasteiger partial charge in [0.15, 0.2) is 0 Å². The Labute approximate surface area is 83.1 Å². The van der Waals surface area contributed by atoms with Crippen LogP contribution in [0.3, 0.4) is 0 Å². The molecule has 0 bridgehead atoms. The van der Waals surface area contributed by atoms with Gasteiger partial charge in [0.05, 0.1) is 11.1 Å². The Balaban J connectivity index is 2.65. The summed E-state index contributed by atoms with van der Waals surface area (Å²) >= 11 is 0. The van der Waals surface area contributed by atoms with Gasteiger partial charge in [-0.3, -0.25) is 5.10 Å². The highest BCUT2D eigenvalue weighted by Crippen LogP contribution is 2.31. The van der Waals surface area contributed by atoms with Gasteiger partial charge >= 0.3 is 6.18 Å². The third-order valence-electron chi connectivity index (χ3n) is 2.03. The van der Waals surface area contributed by atoms with E-state index in [1.165, 1.54) is 6.07 Å². The van der Waals surface area contributed by atoms with Crippen LogP contribution in [0.1, 0.15) is 11.3 Å². The fourth-order valence-corrected chi connectivity index (χ4v) is 1.30. The normalized spacial score (nSPS) is 11.6. The van der Waals surface area contributed by atoms with E-state index in [2.05, 4.69) is 16.1 Å². The maximum atomic E-state index is 12.3. The molecule has 0 fully saturated rings. The molecular formula is C10H5F3N2. The zero-order chi connectivity index (χ0) is 11.1. The van der Waals surface area contributed by atoms with Crippen LogP contribution < -0.4 is 0 Å². The van der Waals surface area contributed by atoms with Crippen molar-refractivity contribution in [3.05, 3.63) is 29.5 Å². The van der Waals surface area contributed by atoms with Gasteiger partial charge in [-0.2, -0.15) is 18.3 Å². The number of nitrogens with one attached hydrogen (secondary N) is 1. The second-order valence-corrected chi connectivity index (χ2v) is 2.97. The lowest BCUT2D eigenvalue weighted by atomic mass is 10.1. The molecule has 0 unspecified atom stereocenters. The topological polar surface area (TPSA) is 28.7 Å². The number of hydrogen-bond donors (Lipinski definition) is 1. The van der Waals surface area contributed by atoms with E-state index in [4.69, 9.17) is 6.42 Å². The lowest BCUT2D eigenvalue weighted by Crippen LogP contribution is -2.04. The number of nitrogens with zero attached hydrogens (tertiary/aromatic N) is 1. The standard InChI is InChI=1S/C10H5F3N2/c1-2-8-7-4-3-6(10(11,12)13)5-9(7)15-14-8/h1,3-5H,(H,14,15). The number of terminal acetylenes is 1. The Morgan fingerprint density at radius 3 is 2.67 bits per heavy atom. The highest BCUT2D eigenvalue weighted by Gasteiger charge is 2.30. The molecule has 0 aliphatic heterocycles. The first-order valence-electron chi connectivity index (χ1n) is 4.04. The first-order chi connectivity index (χ1) is 7.02. The summed E-state index contributed by atoms with van der Waals surface area (Å²) in [6.45, 7) is 0. The molecule has 1 aromatic carbocycles. The van der Waals surface area contributed by atoms with Gasteiger partial charge in [-0.15, -0.1) is 6.42 Å². The largest absolute Gasteiger partial charge is 0.416 e. The van der Waals surface area contributed by atoms with Gasteiger partial charge in [0.1, 0.15) is 5.69 Å². The van der Waals surface area contributed by atoms with E-state index in [9.17, 15) is 13.2 Å². The van der Waals surface area contributed by atoms with E-state index in [1.54, 1.807) is 0 Å².